The SMILES string of the molecule is c1cncc(Cc2ncnc3c2CNC3)c1. The fraction of sp³-hybridized carbons (Fsp3) is 0.250. The molecule has 0 saturated heterocycles. The van der Waals surface area contributed by atoms with E-state index in [4.69, 9.17) is 0 Å². The molecule has 0 aromatic carbocycles. The van der Waals surface area contributed by atoms with E-state index in [1.54, 1.807) is 12.5 Å². The summed E-state index contributed by atoms with van der Waals surface area (Å²) in [5.74, 6) is 0. The van der Waals surface area contributed by atoms with Gasteiger partial charge in [-0.15, -0.1) is 0 Å². The van der Waals surface area contributed by atoms with Crippen LogP contribution < -0.4 is 5.32 Å². The Labute approximate surface area is 93.8 Å². The normalized spacial score (nSPS) is 13.8. The molecule has 0 bridgehead atoms. The van der Waals surface area contributed by atoms with Crippen LogP contribution in [-0.2, 0) is 19.5 Å². The van der Waals surface area contributed by atoms with Gasteiger partial charge in [-0.3, -0.25) is 4.98 Å². The summed E-state index contributed by atoms with van der Waals surface area (Å²) in [4.78, 5) is 12.8. The van der Waals surface area contributed by atoms with E-state index in [1.807, 2.05) is 12.3 Å². The van der Waals surface area contributed by atoms with E-state index in [-0.39, 0.29) is 0 Å². The number of nitrogens with zero attached hydrogens (tertiary/aromatic N) is 3. The van der Waals surface area contributed by atoms with Crippen molar-refractivity contribution in [2.24, 2.45) is 0 Å². The second-order valence-electron chi connectivity index (χ2n) is 3.89. The average molecular weight is 212 g/mol. The molecular weight excluding hydrogens is 200 g/mol. The molecule has 0 saturated carbocycles. The Morgan fingerprint density at radius 3 is 3.12 bits per heavy atom. The molecule has 0 unspecified atom stereocenters. The molecule has 0 spiro atoms. The van der Waals surface area contributed by atoms with Crippen LogP contribution in [-0.4, -0.2) is 15.0 Å². The maximum atomic E-state index is 4.37. The molecule has 3 heterocycles. The molecule has 2 aromatic rings. The molecule has 0 radical (unpaired) electrons. The van der Waals surface area contributed by atoms with Gasteiger partial charge < -0.3 is 5.32 Å². The zero-order valence-corrected chi connectivity index (χ0v) is 8.85. The highest BCUT2D eigenvalue weighted by Gasteiger charge is 2.16. The molecule has 1 aliphatic rings. The molecule has 0 atom stereocenters. The lowest BCUT2D eigenvalue weighted by molar-refractivity contribution is 0.756. The maximum Gasteiger partial charge on any atom is 0.116 e. The Balaban J connectivity index is 1.94. The Morgan fingerprint density at radius 2 is 2.25 bits per heavy atom. The number of fused-ring (bicyclic) bond motifs is 1. The molecule has 1 N–H and O–H groups in total. The van der Waals surface area contributed by atoms with Crippen LogP contribution in [0.2, 0.25) is 0 Å². The van der Waals surface area contributed by atoms with Gasteiger partial charge in [0.25, 0.3) is 0 Å². The molecule has 0 aliphatic carbocycles. The van der Waals surface area contributed by atoms with Gasteiger partial charge in [0.2, 0.25) is 0 Å². The maximum absolute atomic E-state index is 4.37. The smallest absolute Gasteiger partial charge is 0.116 e. The minimum atomic E-state index is 0.834. The number of hydrogen-bond donors (Lipinski definition) is 1. The van der Waals surface area contributed by atoms with Gasteiger partial charge in [-0.25, -0.2) is 9.97 Å². The summed E-state index contributed by atoms with van der Waals surface area (Å²) in [7, 11) is 0. The van der Waals surface area contributed by atoms with Crippen LogP contribution in [0.15, 0.2) is 30.9 Å². The summed E-state index contributed by atoms with van der Waals surface area (Å²) in [5, 5.41) is 3.30. The Morgan fingerprint density at radius 1 is 1.25 bits per heavy atom. The van der Waals surface area contributed by atoms with Crippen LogP contribution in [0.3, 0.4) is 0 Å². The van der Waals surface area contributed by atoms with Gasteiger partial charge in [-0.2, -0.15) is 0 Å². The van der Waals surface area contributed by atoms with E-state index in [0.29, 0.717) is 0 Å². The first-order chi connectivity index (χ1) is 7.93. The molecule has 16 heavy (non-hydrogen) atoms. The monoisotopic (exact) mass is 212 g/mol. The van der Waals surface area contributed by atoms with Crippen molar-refractivity contribution in [1.82, 2.24) is 20.3 Å². The number of rotatable bonds is 2. The number of aromatic nitrogens is 3. The fourth-order valence-electron chi connectivity index (χ4n) is 2.00. The number of pyridine rings is 1. The number of nitrogens with one attached hydrogen (secondary N) is 1. The summed E-state index contributed by atoms with van der Waals surface area (Å²) < 4.78 is 0. The van der Waals surface area contributed by atoms with Crippen molar-refractivity contribution in [3.8, 4) is 0 Å². The van der Waals surface area contributed by atoms with Gasteiger partial charge in [0.1, 0.15) is 6.33 Å². The van der Waals surface area contributed by atoms with Crippen LogP contribution in [0.5, 0.6) is 0 Å². The van der Waals surface area contributed by atoms with Gasteiger partial charge >= 0.3 is 0 Å². The van der Waals surface area contributed by atoms with Crippen molar-refractivity contribution in [1.29, 1.82) is 0 Å². The minimum absolute atomic E-state index is 0.834. The van der Waals surface area contributed by atoms with Crippen molar-refractivity contribution in [3.05, 3.63) is 53.4 Å². The molecular formula is C12H12N4. The minimum Gasteiger partial charge on any atom is -0.307 e. The highest BCUT2D eigenvalue weighted by molar-refractivity contribution is 5.31. The molecule has 4 nitrogen and oxygen atoms in total. The summed E-state index contributed by atoms with van der Waals surface area (Å²) in [5.41, 5.74) is 4.69. The van der Waals surface area contributed by atoms with E-state index < -0.39 is 0 Å². The van der Waals surface area contributed by atoms with Gasteiger partial charge in [0.05, 0.1) is 11.4 Å². The second-order valence-corrected chi connectivity index (χ2v) is 3.89. The van der Waals surface area contributed by atoms with Crippen molar-refractivity contribution in [3.63, 3.8) is 0 Å². The molecule has 4 heteroatoms. The molecule has 3 rings (SSSR count). The second kappa shape index (κ2) is 3.98. The van der Waals surface area contributed by atoms with Gasteiger partial charge in [-0.1, -0.05) is 6.07 Å². The molecule has 1 aliphatic heterocycles. The van der Waals surface area contributed by atoms with Crippen LogP contribution in [0.25, 0.3) is 0 Å². The fourth-order valence-corrected chi connectivity index (χ4v) is 2.00. The lowest BCUT2D eigenvalue weighted by atomic mass is 10.1. The first kappa shape index (κ1) is 9.42. The molecule has 2 aromatic heterocycles. The van der Waals surface area contributed by atoms with E-state index in [1.165, 1.54) is 11.1 Å². The van der Waals surface area contributed by atoms with E-state index >= 15 is 0 Å². The first-order valence-corrected chi connectivity index (χ1v) is 5.35. The zero-order valence-electron chi connectivity index (χ0n) is 8.85. The largest absolute Gasteiger partial charge is 0.307 e. The van der Waals surface area contributed by atoms with Gasteiger partial charge in [0.15, 0.2) is 0 Å². The van der Waals surface area contributed by atoms with Crippen LogP contribution in [0, 0.1) is 0 Å². The Bertz CT molecular complexity index is 496. The van der Waals surface area contributed by atoms with E-state index in [9.17, 15) is 0 Å². The first-order valence-electron chi connectivity index (χ1n) is 5.35. The summed E-state index contributed by atoms with van der Waals surface area (Å²) in [6.07, 6.45) is 6.16. The topological polar surface area (TPSA) is 50.7 Å². The third-order valence-corrected chi connectivity index (χ3v) is 2.81. The highest BCUT2D eigenvalue weighted by atomic mass is 15.0. The summed E-state index contributed by atoms with van der Waals surface area (Å²) in [6.45, 7) is 1.74. The Kier molecular flexibility index (Phi) is 2.34. The van der Waals surface area contributed by atoms with Gasteiger partial charge in [0, 0.05) is 37.5 Å². The molecule has 0 fully saturated rings. The van der Waals surface area contributed by atoms with Crippen LogP contribution >= 0.6 is 0 Å². The van der Waals surface area contributed by atoms with Crippen molar-refractivity contribution in [2.75, 3.05) is 0 Å². The van der Waals surface area contributed by atoms with Crippen LogP contribution in [0.4, 0.5) is 0 Å². The van der Waals surface area contributed by atoms with E-state index in [0.717, 1.165) is 30.9 Å². The standard InChI is InChI=1S/C12H12N4/c1-2-9(5-13-3-1)4-11-10-6-14-7-12(10)16-8-15-11/h1-3,5,8,14H,4,6-7H2. The van der Waals surface area contributed by atoms with Crippen molar-refractivity contribution < 1.29 is 0 Å². The lowest BCUT2D eigenvalue weighted by Crippen LogP contribution is -2.02. The zero-order chi connectivity index (χ0) is 10.8. The Hall–Kier alpha value is -1.81. The lowest BCUT2D eigenvalue weighted by Gasteiger charge is -2.05. The predicted molar refractivity (Wildman–Crippen MR) is 59.6 cm³/mol. The number of hydrogen-bond acceptors (Lipinski definition) is 4. The van der Waals surface area contributed by atoms with Gasteiger partial charge in [-0.05, 0) is 11.6 Å². The molecule has 0 amide bonds. The quantitative estimate of drug-likeness (QED) is 0.809. The van der Waals surface area contributed by atoms with Crippen molar-refractivity contribution in [2.45, 2.75) is 19.5 Å². The predicted octanol–water partition coefficient (Wildman–Crippen LogP) is 1.07. The molecule has 80 valence electrons. The summed E-state index contributed by atoms with van der Waals surface area (Å²) in [6, 6.07) is 4.03. The third-order valence-electron chi connectivity index (χ3n) is 2.81. The van der Waals surface area contributed by atoms with Crippen molar-refractivity contribution >= 4 is 0 Å². The average Bonchev–Trinajstić information content (AvgIpc) is 2.80. The highest BCUT2D eigenvalue weighted by Crippen LogP contribution is 2.17. The van der Waals surface area contributed by atoms with Crippen LogP contribution in [0.1, 0.15) is 22.5 Å². The summed E-state index contributed by atoms with van der Waals surface area (Å²) >= 11 is 0. The third kappa shape index (κ3) is 1.67. The van der Waals surface area contributed by atoms with E-state index in [2.05, 4.69) is 26.3 Å².